The van der Waals surface area contributed by atoms with Gasteiger partial charge in [0.25, 0.3) is 5.56 Å². The lowest BCUT2D eigenvalue weighted by Crippen LogP contribution is -2.14. The van der Waals surface area contributed by atoms with E-state index in [1.807, 2.05) is 30.3 Å². The number of carbonyl (C=O) groups is 1. The van der Waals surface area contributed by atoms with Crippen LogP contribution in [0.5, 0.6) is 0 Å². The maximum atomic E-state index is 12.2. The van der Waals surface area contributed by atoms with Crippen molar-refractivity contribution in [2.75, 3.05) is 7.11 Å². The van der Waals surface area contributed by atoms with Crippen LogP contribution in [0.2, 0.25) is 0 Å². The molecule has 3 aromatic rings. The SMILES string of the molecule is COC(=O)c1cc(=O)n2c(-c3ccccc3)nnc2s1. The summed E-state index contributed by atoms with van der Waals surface area (Å²) in [4.78, 5) is 24.2. The lowest BCUT2D eigenvalue weighted by molar-refractivity contribution is 0.0606. The third kappa shape index (κ3) is 1.97. The summed E-state index contributed by atoms with van der Waals surface area (Å²) in [5.74, 6) is -0.0999. The van der Waals surface area contributed by atoms with Crippen molar-refractivity contribution in [3.05, 3.63) is 51.6 Å². The molecular weight excluding hydrogens is 278 g/mol. The van der Waals surface area contributed by atoms with E-state index in [1.54, 1.807) is 0 Å². The van der Waals surface area contributed by atoms with Crippen LogP contribution in [0, 0.1) is 0 Å². The first-order valence-electron chi connectivity index (χ1n) is 5.73. The van der Waals surface area contributed by atoms with Gasteiger partial charge in [0.2, 0.25) is 4.96 Å². The second-order valence-electron chi connectivity index (χ2n) is 3.95. The first-order valence-corrected chi connectivity index (χ1v) is 6.55. The molecule has 0 radical (unpaired) electrons. The number of methoxy groups -OCH3 is 1. The number of nitrogens with zero attached hydrogens (tertiary/aromatic N) is 3. The van der Waals surface area contributed by atoms with Crippen LogP contribution in [0.15, 0.2) is 41.2 Å². The Balaban J connectivity index is 2.24. The minimum Gasteiger partial charge on any atom is -0.465 e. The minimum absolute atomic E-state index is 0.206. The molecule has 0 spiro atoms. The van der Waals surface area contributed by atoms with Gasteiger partial charge in [-0.05, 0) is 0 Å². The van der Waals surface area contributed by atoms with Crippen molar-refractivity contribution in [3.8, 4) is 11.4 Å². The molecule has 2 heterocycles. The number of hydrogen-bond donors (Lipinski definition) is 0. The van der Waals surface area contributed by atoms with Gasteiger partial charge >= 0.3 is 5.97 Å². The summed E-state index contributed by atoms with van der Waals surface area (Å²) in [7, 11) is 1.27. The van der Waals surface area contributed by atoms with E-state index in [9.17, 15) is 9.59 Å². The second kappa shape index (κ2) is 4.86. The van der Waals surface area contributed by atoms with Crippen molar-refractivity contribution in [2.45, 2.75) is 0 Å². The molecule has 7 heteroatoms. The number of esters is 1. The first kappa shape index (κ1) is 12.5. The molecule has 0 aliphatic rings. The predicted molar refractivity (Wildman–Crippen MR) is 73.9 cm³/mol. The normalized spacial score (nSPS) is 10.7. The van der Waals surface area contributed by atoms with Crippen LogP contribution in [0.25, 0.3) is 16.3 Å². The molecule has 2 aromatic heterocycles. The van der Waals surface area contributed by atoms with Crippen LogP contribution in [-0.2, 0) is 4.74 Å². The number of rotatable bonds is 2. The smallest absolute Gasteiger partial charge is 0.348 e. The molecule has 0 amide bonds. The summed E-state index contributed by atoms with van der Waals surface area (Å²) < 4.78 is 5.99. The Bertz CT molecular complexity index is 839. The second-order valence-corrected chi connectivity index (χ2v) is 4.96. The number of fused-ring (bicyclic) bond motifs is 1. The summed E-state index contributed by atoms with van der Waals surface area (Å²) in [6.07, 6.45) is 0. The van der Waals surface area contributed by atoms with Gasteiger partial charge in [0.1, 0.15) is 4.88 Å². The minimum atomic E-state index is -0.557. The average Bonchev–Trinajstić information content (AvgIpc) is 2.91. The Morgan fingerprint density at radius 3 is 2.70 bits per heavy atom. The molecule has 0 atom stereocenters. The number of ether oxygens (including phenoxy) is 1. The standard InChI is InChI=1S/C13H9N3O3S/c1-19-12(18)9-7-10(17)16-11(14-15-13(16)20-9)8-5-3-2-4-6-8/h2-7H,1H3. The first-order chi connectivity index (χ1) is 9.70. The number of hydrogen-bond acceptors (Lipinski definition) is 6. The van der Waals surface area contributed by atoms with E-state index >= 15 is 0 Å². The van der Waals surface area contributed by atoms with Crippen molar-refractivity contribution in [1.82, 2.24) is 14.6 Å². The molecule has 0 saturated carbocycles. The highest BCUT2D eigenvalue weighted by Crippen LogP contribution is 2.19. The molecule has 1 aromatic carbocycles. The summed E-state index contributed by atoms with van der Waals surface area (Å²) in [5.41, 5.74) is 0.429. The van der Waals surface area contributed by atoms with Crippen LogP contribution in [0.1, 0.15) is 9.67 Å². The molecule has 0 bridgehead atoms. The van der Waals surface area contributed by atoms with Gasteiger partial charge in [-0.3, -0.25) is 4.79 Å². The van der Waals surface area contributed by atoms with Gasteiger partial charge in [-0.2, -0.15) is 0 Å². The Hall–Kier alpha value is -2.54. The van der Waals surface area contributed by atoms with Gasteiger partial charge in [-0.25, -0.2) is 9.20 Å². The molecule has 0 saturated heterocycles. The van der Waals surface area contributed by atoms with Crippen molar-refractivity contribution >= 4 is 22.3 Å². The van der Waals surface area contributed by atoms with Gasteiger partial charge in [0, 0.05) is 11.6 Å². The van der Waals surface area contributed by atoms with E-state index in [0.29, 0.717) is 10.8 Å². The van der Waals surface area contributed by atoms with Gasteiger partial charge in [0.05, 0.1) is 7.11 Å². The lowest BCUT2D eigenvalue weighted by Gasteiger charge is -2.00. The molecule has 0 aliphatic heterocycles. The largest absolute Gasteiger partial charge is 0.465 e. The fourth-order valence-corrected chi connectivity index (χ4v) is 2.69. The molecule has 0 unspecified atom stereocenters. The van der Waals surface area contributed by atoms with E-state index in [1.165, 1.54) is 17.6 Å². The molecular formula is C13H9N3O3S. The molecule has 20 heavy (non-hydrogen) atoms. The maximum absolute atomic E-state index is 12.2. The summed E-state index contributed by atoms with van der Waals surface area (Å²) >= 11 is 1.06. The highest BCUT2D eigenvalue weighted by molar-refractivity contribution is 7.18. The van der Waals surface area contributed by atoms with Crippen molar-refractivity contribution in [3.63, 3.8) is 0 Å². The topological polar surface area (TPSA) is 73.6 Å². The van der Waals surface area contributed by atoms with Crippen molar-refractivity contribution < 1.29 is 9.53 Å². The van der Waals surface area contributed by atoms with Crippen LogP contribution in [0.4, 0.5) is 0 Å². The summed E-state index contributed by atoms with van der Waals surface area (Å²) in [6, 6.07) is 10.5. The Kier molecular flexibility index (Phi) is 3.03. The van der Waals surface area contributed by atoms with Crippen LogP contribution in [-0.4, -0.2) is 27.7 Å². The van der Waals surface area contributed by atoms with Crippen LogP contribution < -0.4 is 5.56 Å². The fraction of sp³-hybridized carbons (Fsp3) is 0.0769. The molecule has 0 N–H and O–H groups in total. The molecule has 3 rings (SSSR count). The van der Waals surface area contributed by atoms with Crippen LogP contribution in [0.3, 0.4) is 0 Å². The third-order valence-corrected chi connectivity index (χ3v) is 3.68. The Labute approximate surface area is 117 Å². The third-order valence-electron chi connectivity index (χ3n) is 2.73. The zero-order chi connectivity index (χ0) is 14.1. The Morgan fingerprint density at radius 1 is 1.25 bits per heavy atom. The molecule has 0 aliphatic carbocycles. The zero-order valence-corrected chi connectivity index (χ0v) is 11.3. The number of benzene rings is 1. The monoisotopic (exact) mass is 287 g/mol. The highest BCUT2D eigenvalue weighted by atomic mass is 32.1. The van der Waals surface area contributed by atoms with Gasteiger partial charge < -0.3 is 4.74 Å². The van der Waals surface area contributed by atoms with Gasteiger partial charge in [-0.1, -0.05) is 41.7 Å². The van der Waals surface area contributed by atoms with Crippen LogP contribution >= 0.6 is 11.3 Å². The fourth-order valence-electron chi connectivity index (χ4n) is 1.81. The van der Waals surface area contributed by atoms with E-state index in [4.69, 9.17) is 0 Å². The van der Waals surface area contributed by atoms with Gasteiger partial charge in [-0.15, -0.1) is 10.2 Å². The molecule has 100 valence electrons. The van der Waals surface area contributed by atoms with Gasteiger partial charge in [0.15, 0.2) is 5.82 Å². The zero-order valence-electron chi connectivity index (χ0n) is 10.4. The maximum Gasteiger partial charge on any atom is 0.348 e. The number of carbonyl (C=O) groups excluding carboxylic acids is 1. The molecule has 0 fully saturated rings. The summed E-state index contributed by atoms with van der Waals surface area (Å²) in [6.45, 7) is 0. The highest BCUT2D eigenvalue weighted by Gasteiger charge is 2.15. The van der Waals surface area contributed by atoms with E-state index in [-0.39, 0.29) is 10.4 Å². The predicted octanol–water partition coefficient (Wildman–Crippen LogP) is 1.60. The van der Waals surface area contributed by atoms with Crippen molar-refractivity contribution in [2.24, 2.45) is 0 Å². The van der Waals surface area contributed by atoms with E-state index < -0.39 is 5.97 Å². The lowest BCUT2D eigenvalue weighted by atomic mass is 10.2. The quantitative estimate of drug-likeness (QED) is 0.669. The Morgan fingerprint density at radius 2 is 2.00 bits per heavy atom. The average molecular weight is 287 g/mol. The van der Waals surface area contributed by atoms with E-state index in [0.717, 1.165) is 16.9 Å². The summed E-state index contributed by atoms with van der Waals surface area (Å²) in [5, 5.41) is 7.98. The van der Waals surface area contributed by atoms with E-state index in [2.05, 4.69) is 14.9 Å². The van der Waals surface area contributed by atoms with Crippen molar-refractivity contribution in [1.29, 1.82) is 0 Å². The molecule has 6 nitrogen and oxygen atoms in total. The number of aromatic nitrogens is 3.